The van der Waals surface area contributed by atoms with Crippen LogP contribution in [-0.4, -0.2) is 22.9 Å². The van der Waals surface area contributed by atoms with Crippen LogP contribution in [0.1, 0.15) is 5.56 Å². The molecule has 0 aliphatic heterocycles. The number of rotatable bonds is 5. The predicted molar refractivity (Wildman–Crippen MR) is 69.4 cm³/mol. The van der Waals surface area contributed by atoms with Crippen molar-refractivity contribution in [3.63, 3.8) is 0 Å². The van der Waals surface area contributed by atoms with Crippen LogP contribution in [0.4, 0.5) is 5.69 Å². The number of carbonyl (C=O) groups is 1. The van der Waals surface area contributed by atoms with Crippen LogP contribution >= 0.6 is 0 Å². The lowest BCUT2D eigenvalue weighted by Gasteiger charge is -2.06. The first-order valence-corrected chi connectivity index (χ1v) is 5.74. The van der Waals surface area contributed by atoms with Crippen LogP contribution in [0.5, 0.6) is 5.75 Å². The summed E-state index contributed by atoms with van der Waals surface area (Å²) in [7, 11) is 1.59. The van der Waals surface area contributed by atoms with Gasteiger partial charge in [-0.25, -0.2) is 0 Å². The first kappa shape index (κ1) is 12.9. The molecule has 0 unspecified atom stereocenters. The minimum absolute atomic E-state index is 0.0428. The van der Waals surface area contributed by atoms with Crippen molar-refractivity contribution in [1.82, 2.24) is 9.78 Å². The van der Waals surface area contributed by atoms with Gasteiger partial charge in [0.05, 0.1) is 19.0 Å². The third-order valence-corrected chi connectivity index (χ3v) is 2.48. The monoisotopic (exact) mass is 261 g/mol. The average Bonchev–Trinajstić information content (AvgIpc) is 2.82. The van der Waals surface area contributed by atoms with Gasteiger partial charge in [-0.05, 0) is 17.7 Å². The highest BCUT2D eigenvalue weighted by molar-refractivity contribution is 5.69. The molecule has 0 saturated heterocycles. The van der Waals surface area contributed by atoms with E-state index in [4.69, 9.17) is 15.2 Å². The van der Waals surface area contributed by atoms with Crippen LogP contribution < -0.4 is 10.5 Å². The molecule has 1 aromatic carbocycles. The van der Waals surface area contributed by atoms with Gasteiger partial charge in [0.25, 0.3) is 0 Å². The second-order valence-electron chi connectivity index (χ2n) is 3.98. The van der Waals surface area contributed by atoms with E-state index in [1.54, 1.807) is 13.3 Å². The van der Waals surface area contributed by atoms with E-state index in [-0.39, 0.29) is 19.1 Å². The number of nitrogens with zero attached hydrogens (tertiary/aromatic N) is 2. The summed E-state index contributed by atoms with van der Waals surface area (Å²) < 4.78 is 11.7. The van der Waals surface area contributed by atoms with E-state index in [0.717, 1.165) is 11.3 Å². The molecule has 0 radical (unpaired) electrons. The molecule has 0 atom stereocenters. The zero-order chi connectivity index (χ0) is 13.7. The fraction of sp³-hybridized carbons (Fsp3) is 0.231. The Balaban J connectivity index is 1.86. The minimum atomic E-state index is -0.370. The van der Waals surface area contributed by atoms with Crippen LogP contribution in [0.15, 0.2) is 36.7 Å². The van der Waals surface area contributed by atoms with E-state index >= 15 is 0 Å². The molecule has 2 aromatic rings. The fourth-order valence-electron chi connectivity index (χ4n) is 1.57. The van der Waals surface area contributed by atoms with Crippen molar-refractivity contribution in [1.29, 1.82) is 0 Å². The van der Waals surface area contributed by atoms with E-state index in [0.29, 0.717) is 5.69 Å². The van der Waals surface area contributed by atoms with Crippen molar-refractivity contribution in [3.8, 4) is 5.75 Å². The number of hydrogen-bond acceptors (Lipinski definition) is 5. The van der Waals surface area contributed by atoms with Crippen LogP contribution in [0.25, 0.3) is 0 Å². The van der Waals surface area contributed by atoms with Gasteiger partial charge >= 0.3 is 5.97 Å². The number of carbonyl (C=O) groups excluding carboxylic acids is 1. The van der Waals surface area contributed by atoms with Crippen molar-refractivity contribution in [2.75, 3.05) is 12.8 Å². The lowest BCUT2D eigenvalue weighted by atomic mass is 10.2. The average molecular weight is 261 g/mol. The van der Waals surface area contributed by atoms with E-state index in [1.807, 2.05) is 24.3 Å². The summed E-state index contributed by atoms with van der Waals surface area (Å²) in [5, 5.41) is 3.91. The van der Waals surface area contributed by atoms with Crippen molar-refractivity contribution in [2.45, 2.75) is 13.2 Å². The van der Waals surface area contributed by atoms with Gasteiger partial charge in [-0.3, -0.25) is 9.48 Å². The van der Waals surface area contributed by atoms with Crippen molar-refractivity contribution in [2.24, 2.45) is 0 Å². The van der Waals surface area contributed by atoms with Crippen molar-refractivity contribution < 1.29 is 14.3 Å². The topological polar surface area (TPSA) is 79.4 Å². The predicted octanol–water partition coefficient (Wildman–Crippen LogP) is 1.22. The van der Waals surface area contributed by atoms with Gasteiger partial charge in [-0.15, -0.1) is 0 Å². The Morgan fingerprint density at radius 3 is 3.00 bits per heavy atom. The maximum atomic E-state index is 11.6. The van der Waals surface area contributed by atoms with Crippen LogP contribution in [0, 0.1) is 0 Å². The summed E-state index contributed by atoms with van der Waals surface area (Å²) in [6, 6.07) is 7.36. The summed E-state index contributed by atoms with van der Waals surface area (Å²) in [6.45, 7) is 0.244. The molecular weight excluding hydrogens is 246 g/mol. The SMILES string of the molecule is COc1cccc(COC(=O)Cn2cc(N)cn2)c1. The minimum Gasteiger partial charge on any atom is -0.497 e. The number of nitrogen functional groups attached to an aromatic ring is 1. The number of nitrogens with two attached hydrogens (primary N) is 1. The lowest BCUT2D eigenvalue weighted by Crippen LogP contribution is -2.13. The highest BCUT2D eigenvalue weighted by Crippen LogP contribution is 2.13. The Morgan fingerprint density at radius 2 is 2.32 bits per heavy atom. The van der Waals surface area contributed by atoms with Gasteiger partial charge in [-0.1, -0.05) is 12.1 Å². The maximum Gasteiger partial charge on any atom is 0.328 e. The van der Waals surface area contributed by atoms with Gasteiger partial charge in [0.15, 0.2) is 0 Å². The number of ether oxygens (including phenoxy) is 2. The first-order chi connectivity index (χ1) is 9.17. The highest BCUT2D eigenvalue weighted by Gasteiger charge is 2.06. The largest absolute Gasteiger partial charge is 0.497 e. The molecule has 0 spiro atoms. The molecular formula is C13H15N3O3. The van der Waals surface area contributed by atoms with Crippen LogP contribution in [0.3, 0.4) is 0 Å². The Labute approximate surface area is 110 Å². The zero-order valence-electron chi connectivity index (χ0n) is 10.6. The molecule has 100 valence electrons. The maximum absolute atomic E-state index is 11.6. The summed E-state index contributed by atoms with van der Waals surface area (Å²) >= 11 is 0. The molecule has 19 heavy (non-hydrogen) atoms. The lowest BCUT2D eigenvalue weighted by molar-refractivity contribution is -0.145. The third kappa shape index (κ3) is 3.74. The van der Waals surface area contributed by atoms with Gasteiger partial charge < -0.3 is 15.2 Å². The molecule has 1 aromatic heterocycles. The molecule has 0 fully saturated rings. The molecule has 2 N–H and O–H groups in total. The summed E-state index contributed by atoms with van der Waals surface area (Å²) in [6.07, 6.45) is 3.06. The van der Waals surface area contributed by atoms with E-state index in [9.17, 15) is 4.79 Å². The second-order valence-corrected chi connectivity index (χ2v) is 3.98. The standard InChI is InChI=1S/C13H15N3O3/c1-18-12-4-2-3-10(5-12)9-19-13(17)8-16-7-11(14)6-15-16/h2-7H,8-9,14H2,1H3. The number of aromatic nitrogens is 2. The summed E-state index contributed by atoms with van der Waals surface area (Å²) in [4.78, 5) is 11.6. The van der Waals surface area contributed by atoms with Crippen molar-refractivity contribution >= 4 is 11.7 Å². The Morgan fingerprint density at radius 1 is 1.47 bits per heavy atom. The third-order valence-electron chi connectivity index (χ3n) is 2.48. The fourth-order valence-corrected chi connectivity index (χ4v) is 1.57. The van der Waals surface area contributed by atoms with Gasteiger partial charge in [0.1, 0.15) is 18.9 Å². The second kappa shape index (κ2) is 5.90. The number of esters is 1. The number of hydrogen-bond donors (Lipinski definition) is 1. The molecule has 0 aliphatic carbocycles. The number of anilines is 1. The molecule has 6 nitrogen and oxygen atoms in total. The number of methoxy groups -OCH3 is 1. The molecule has 0 saturated carbocycles. The zero-order valence-corrected chi connectivity index (χ0v) is 10.6. The normalized spacial score (nSPS) is 10.2. The van der Waals surface area contributed by atoms with Gasteiger partial charge in [0.2, 0.25) is 0 Å². The van der Waals surface area contributed by atoms with Crippen molar-refractivity contribution in [3.05, 3.63) is 42.2 Å². The van der Waals surface area contributed by atoms with E-state index < -0.39 is 0 Å². The summed E-state index contributed by atoms with van der Waals surface area (Å²) in [5.74, 6) is 0.360. The molecule has 1 heterocycles. The molecule has 0 amide bonds. The Bertz CT molecular complexity index is 566. The van der Waals surface area contributed by atoms with Gasteiger partial charge in [0, 0.05) is 6.20 Å². The number of benzene rings is 1. The molecule has 0 aliphatic rings. The highest BCUT2D eigenvalue weighted by atomic mass is 16.5. The van der Waals surface area contributed by atoms with E-state index in [1.165, 1.54) is 10.9 Å². The first-order valence-electron chi connectivity index (χ1n) is 5.74. The Kier molecular flexibility index (Phi) is 4.02. The quantitative estimate of drug-likeness (QED) is 0.818. The van der Waals surface area contributed by atoms with Crippen LogP contribution in [-0.2, 0) is 22.7 Å². The molecule has 2 rings (SSSR count). The smallest absolute Gasteiger partial charge is 0.328 e. The molecule has 0 bridgehead atoms. The summed E-state index contributed by atoms with van der Waals surface area (Å²) in [5.41, 5.74) is 6.88. The van der Waals surface area contributed by atoms with E-state index in [2.05, 4.69) is 5.10 Å². The Hall–Kier alpha value is -2.50. The molecule has 6 heteroatoms. The van der Waals surface area contributed by atoms with Crippen LogP contribution in [0.2, 0.25) is 0 Å². The van der Waals surface area contributed by atoms with Gasteiger partial charge in [-0.2, -0.15) is 5.10 Å².